The van der Waals surface area contributed by atoms with E-state index in [1.165, 1.54) is 4.70 Å². The molecule has 0 amide bonds. The molecule has 80 valence electrons. The molecule has 3 nitrogen and oxygen atoms in total. The van der Waals surface area contributed by atoms with E-state index in [1.807, 2.05) is 12.1 Å². The summed E-state index contributed by atoms with van der Waals surface area (Å²) in [4.78, 5) is 4.54. The number of aromatic nitrogens is 1. The minimum Gasteiger partial charge on any atom is -0.330 e. The lowest BCUT2D eigenvalue weighted by atomic mass is 10.3. The first kappa shape index (κ1) is 10.5. The molecule has 2 rings (SSSR count). The van der Waals surface area contributed by atoms with Crippen LogP contribution in [0.5, 0.6) is 0 Å². The summed E-state index contributed by atoms with van der Waals surface area (Å²) in [6.07, 6.45) is 1.02. The van der Waals surface area contributed by atoms with Gasteiger partial charge in [0, 0.05) is 6.54 Å². The summed E-state index contributed by atoms with van der Waals surface area (Å²) < 4.78 is 1.26. The molecule has 3 N–H and O–H groups in total. The van der Waals surface area contributed by atoms with Crippen molar-refractivity contribution >= 4 is 21.6 Å². The van der Waals surface area contributed by atoms with Crippen LogP contribution in [0.25, 0.3) is 10.2 Å². The van der Waals surface area contributed by atoms with E-state index in [9.17, 15) is 0 Å². The SMILES string of the molecule is NCCCNCc1nc2ccccc2s1. The Morgan fingerprint density at radius 2 is 2.20 bits per heavy atom. The maximum absolute atomic E-state index is 5.42. The Kier molecular flexibility index (Phi) is 3.66. The number of nitrogens with zero attached hydrogens (tertiary/aromatic N) is 1. The first-order valence-electron chi connectivity index (χ1n) is 5.15. The van der Waals surface area contributed by atoms with Crippen molar-refractivity contribution in [1.82, 2.24) is 10.3 Å². The second kappa shape index (κ2) is 5.21. The van der Waals surface area contributed by atoms with Crippen molar-refractivity contribution in [1.29, 1.82) is 0 Å². The number of nitrogens with one attached hydrogen (secondary N) is 1. The minimum atomic E-state index is 0.743. The van der Waals surface area contributed by atoms with Crippen molar-refractivity contribution in [2.75, 3.05) is 13.1 Å². The maximum Gasteiger partial charge on any atom is 0.108 e. The van der Waals surface area contributed by atoms with Crippen molar-refractivity contribution in [3.63, 3.8) is 0 Å². The van der Waals surface area contributed by atoms with Gasteiger partial charge < -0.3 is 11.1 Å². The highest BCUT2D eigenvalue weighted by Crippen LogP contribution is 2.20. The molecule has 0 radical (unpaired) electrons. The van der Waals surface area contributed by atoms with Crippen LogP contribution in [0.4, 0.5) is 0 Å². The summed E-state index contributed by atoms with van der Waals surface area (Å²) >= 11 is 1.75. The Morgan fingerprint density at radius 3 is 3.00 bits per heavy atom. The van der Waals surface area contributed by atoms with E-state index in [1.54, 1.807) is 11.3 Å². The van der Waals surface area contributed by atoms with Gasteiger partial charge in [-0.2, -0.15) is 0 Å². The van der Waals surface area contributed by atoms with E-state index in [2.05, 4.69) is 22.4 Å². The highest BCUT2D eigenvalue weighted by Gasteiger charge is 2.01. The van der Waals surface area contributed by atoms with Crippen LogP contribution in [-0.2, 0) is 6.54 Å². The highest BCUT2D eigenvalue weighted by atomic mass is 32.1. The standard InChI is InChI=1S/C11H15N3S/c12-6-3-7-13-8-11-14-9-4-1-2-5-10(9)15-11/h1-2,4-5,13H,3,6-8,12H2. The Morgan fingerprint density at radius 1 is 1.33 bits per heavy atom. The fourth-order valence-electron chi connectivity index (χ4n) is 1.42. The molecule has 0 bridgehead atoms. The van der Waals surface area contributed by atoms with E-state index < -0.39 is 0 Å². The van der Waals surface area contributed by atoms with Crippen molar-refractivity contribution in [3.05, 3.63) is 29.3 Å². The van der Waals surface area contributed by atoms with Gasteiger partial charge >= 0.3 is 0 Å². The van der Waals surface area contributed by atoms with Crippen molar-refractivity contribution in [3.8, 4) is 0 Å². The lowest BCUT2D eigenvalue weighted by Crippen LogP contribution is -2.17. The van der Waals surface area contributed by atoms with Crippen LogP contribution in [0.1, 0.15) is 11.4 Å². The van der Waals surface area contributed by atoms with E-state index in [0.717, 1.165) is 36.6 Å². The Bertz CT molecular complexity index is 391. The number of rotatable bonds is 5. The molecule has 0 fully saturated rings. The average Bonchev–Trinajstić information content (AvgIpc) is 2.67. The average molecular weight is 221 g/mol. The zero-order chi connectivity index (χ0) is 10.5. The minimum absolute atomic E-state index is 0.743. The second-order valence-corrected chi connectivity index (χ2v) is 4.51. The van der Waals surface area contributed by atoms with Crippen LogP contribution >= 0.6 is 11.3 Å². The van der Waals surface area contributed by atoms with Crippen LogP contribution in [0.2, 0.25) is 0 Å². The van der Waals surface area contributed by atoms with Crippen molar-refractivity contribution in [2.24, 2.45) is 5.73 Å². The number of thiazole rings is 1. The molecule has 15 heavy (non-hydrogen) atoms. The van der Waals surface area contributed by atoms with Gasteiger partial charge in [-0.3, -0.25) is 0 Å². The van der Waals surface area contributed by atoms with Gasteiger partial charge in [-0.05, 0) is 31.6 Å². The maximum atomic E-state index is 5.42. The van der Waals surface area contributed by atoms with Crippen molar-refractivity contribution in [2.45, 2.75) is 13.0 Å². The normalized spacial score (nSPS) is 11.0. The third kappa shape index (κ3) is 2.75. The van der Waals surface area contributed by atoms with Crippen LogP contribution in [-0.4, -0.2) is 18.1 Å². The first-order chi connectivity index (χ1) is 7.40. The molecule has 0 aliphatic rings. The van der Waals surface area contributed by atoms with E-state index in [0.29, 0.717) is 0 Å². The van der Waals surface area contributed by atoms with Gasteiger partial charge in [-0.1, -0.05) is 12.1 Å². The molecular formula is C11H15N3S. The predicted molar refractivity (Wildman–Crippen MR) is 65.0 cm³/mol. The molecule has 0 unspecified atom stereocenters. The number of fused-ring (bicyclic) bond motifs is 1. The first-order valence-corrected chi connectivity index (χ1v) is 5.97. The van der Waals surface area contributed by atoms with Gasteiger partial charge in [0.2, 0.25) is 0 Å². The smallest absolute Gasteiger partial charge is 0.108 e. The fourth-order valence-corrected chi connectivity index (χ4v) is 2.35. The summed E-state index contributed by atoms with van der Waals surface area (Å²) in [5.41, 5.74) is 6.51. The summed E-state index contributed by atoms with van der Waals surface area (Å²) in [7, 11) is 0. The van der Waals surface area contributed by atoms with Gasteiger partial charge in [-0.25, -0.2) is 4.98 Å². The largest absolute Gasteiger partial charge is 0.330 e. The van der Waals surface area contributed by atoms with Crippen LogP contribution in [0.15, 0.2) is 24.3 Å². The molecule has 1 heterocycles. The van der Waals surface area contributed by atoms with Crippen molar-refractivity contribution < 1.29 is 0 Å². The lowest BCUT2D eigenvalue weighted by molar-refractivity contribution is 0.654. The lowest BCUT2D eigenvalue weighted by Gasteiger charge is -1.99. The zero-order valence-corrected chi connectivity index (χ0v) is 9.39. The third-order valence-electron chi connectivity index (χ3n) is 2.17. The summed E-state index contributed by atoms with van der Waals surface area (Å²) in [6.45, 7) is 2.55. The molecule has 0 spiro atoms. The second-order valence-electron chi connectivity index (χ2n) is 3.39. The van der Waals surface area contributed by atoms with Gasteiger partial charge in [-0.15, -0.1) is 11.3 Å². The summed E-state index contributed by atoms with van der Waals surface area (Å²) in [5, 5.41) is 4.48. The Balaban J connectivity index is 1.97. The van der Waals surface area contributed by atoms with Gasteiger partial charge in [0.1, 0.15) is 5.01 Å². The fraction of sp³-hybridized carbons (Fsp3) is 0.364. The molecule has 0 saturated carbocycles. The van der Waals surface area contributed by atoms with E-state index in [-0.39, 0.29) is 0 Å². The molecular weight excluding hydrogens is 206 g/mol. The van der Waals surface area contributed by atoms with Gasteiger partial charge in [0.15, 0.2) is 0 Å². The number of hydrogen-bond donors (Lipinski definition) is 2. The van der Waals surface area contributed by atoms with E-state index >= 15 is 0 Å². The van der Waals surface area contributed by atoms with Crippen LogP contribution in [0.3, 0.4) is 0 Å². The Hall–Kier alpha value is -0.970. The summed E-state index contributed by atoms with van der Waals surface area (Å²) in [5.74, 6) is 0. The molecule has 0 aliphatic carbocycles. The zero-order valence-electron chi connectivity index (χ0n) is 8.57. The molecule has 2 aromatic rings. The molecule has 0 saturated heterocycles. The third-order valence-corrected chi connectivity index (χ3v) is 3.21. The van der Waals surface area contributed by atoms with E-state index in [4.69, 9.17) is 5.73 Å². The Labute approximate surface area is 93.3 Å². The highest BCUT2D eigenvalue weighted by molar-refractivity contribution is 7.18. The van der Waals surface area contributed by atoms with Crippen LogP contribution in [0, 0.1) is 0 Å². The molecule has 0 atom stereocenters. The number of benzene rings is 1. The molecule has 4 heteroatoms. The monoisotopic (exact) mass is 221 g/mol. The molecule has 0 aliphatic heterocycles. The number of para-hydroxylation sites is 1. The number of nitrogens with two attached hydrogens (primary N) is 1. The van der Waals surface area contributed by atoms with Crippen LogP contribution < -0.4 is 11.1 Å². The summed E-state index contributed by atoms with van der Waals surface area (Å²) in [6, 6.07) is 8.23. The quantitative estimate of drug-likeness (QED) is 0.756. The van der Waals surface area contributed by atoms with Gasteiger partial charge in [0.25, 0.3) is 0 Å². The van der Waals surface area contributed by atoms with Gasteiger partial charge in [0.05, 0.1) is 10.2 Å². The molecule has 1 aromatic carbocycles. The number of hydrogen-bond acceptors (Lipinski definition) is 4. The molecule has 1 aromatic heterocycles. The topological polar surface area (TPSA) is 50.9 Å². The predicted octanol–water partition coefficient (Wildman–Crippen LogP) is 1.73.